The Kier molecular flexibility index (Phi) is 5.89. The zero-order chi connectivity index (χ0) is 17.0. The maximum atomic E-state index is 12.7. The van der Waals surface area contributed by atoms with Crippen LogP contribution in [0.3, 0.4) is 0 Å². The number of hydrogen-bond donors (Lipinski definition) is 0. The van der Waals surface area contributed by atoms with Gasteiger partial charge in [0.2, 0.25) is 5.91 Å². The Morgan fingerprint density at radius 2 is 2.22 bits per heavy atom. The number of alkyl halides is 3. The summed E-state index contributed by atoms with van der Waals surface area (Å²) in [6.07, 6.45) is 0.528. The van der Waals surface area contributed by atoms with Crippen LogP contribution in [0, 0.1) is 0 Å². The van der Waals surface area contributed by atoms with Gasteiger partial charge < -0.3 is 4.90 Å². The Balaban J connectivity index is 2.06. The lowest BCUT2D eigenvalue weighted by Crippen LogP contribution is -2.46. The zero-order valence-corrected chi connectivity index (χ0v) is 14.0. The predicted octanol–water partition coefficient (Wildman–Crippen LogP) is 3.77. The molecule has 1 aromatic rings. The zero-order valence-electron chi connectivity index (χ0n) is 13.1. The van der Waals surface area contributed by atoms with Crippen LogP contribution < -0.4 is 0 Å². The molecule has 128 valence electrons. The Bertz CT molecular complexity index is 553. The first kappa shape index (κ1) is 18.0. The lowest BCUT2D eigenvalue weighted by molar-refractivity contribution is -0.141. The molecule has 0 saturated carbocycles. The van der Waals surface area contributed by atoms with Gasteiger partial charge in [0.15, 0.2) is 5.16 Å². The fraction of sp³-hybridized carbons (Fsp3) is 0.667. The second-order valence-corrected chi connectivity index (χ2v) is 6.88. The molecule has 2 heterocycles. The van der Waals surface area contributed by atoms with Gasteiger partial charge in [-0.25, -0.2) is 9.97 Å². The van der Waals surface area contributed by atoms with Crippen LogP contribution in [0.4, 0.5) is 13.2 Å². The molecule has 2 rings (SSSR count). The van der Waals surface area contributed by atoms with E-state index in [1.165, 1.54) is 0 Å². The van der Waals surface area contributed by atoms with Gasteiger partial charge >= 0.3 is 6.18 Å². The van der Waals surface area contributed by atoms with Gasteiger partial charge in [-0.1, -0.05) is 18.7 Å². The second-order valence-electron chi connectivity index (χ2n) is 5.57. The minimum Gasteiger partial charge on any atom is -0.339 e. The predicted molar refractivity (Wildman–Crippen MR) is 82.0 cm³/mol. The normalized spacial score (nSPS) is 20.4. The van der Waals surface area contributed by atoms with Gasteiger partial charge in [-0.3, -0.25) is 4.79 Å². The Hall–Kier alpha value is -1.31. The number of likely N-dealkylation sites (tertiary alicyclic amines) is 1. The molecule has 2 unspecified atom stereocenters. The van der Waals surface area contributed by atoms with Gasteiger partial charge in [-0.2, -0.15) is 13.2 Å². The van der Waals surface area contributed by atoms with Crippen molar-refractivity contribution >= 4 is 17.7 Å². The van der Waals surface area contributed by atoms with Crippen molar-refractivity contribution in [1.82, 2.24) is 14.9 Å². The van der Waals surface area contributed by atoms with E-state index in [1.54, 1.807) is 6.92 Å². The number of piperidine rings is 1. The fourth-order valence-corrected chi connectivity index (χ4v) is 3.54. The highest BCUT2D eigenvalue weighted by Gasteiger charge is 2.34. The largest absolute Gasteiger partial charge is 0.433 e. The van der Waals surface area contributed by atoms with E-state index in [9.17, 15) is 18.0 Å². The molecule has 1 aliphatic rings. The SMILES string of the molecule is CCC1CCCCN1C(=O)C(C)Sc1nccc(C(F)(F)F)n1. The number of nitrogens with zero attached hydrogens (tertiary/aromatic N) is 3. The molecular formula is C15H20F3N3OS. The van der Waals surface area contributed by atoms with E-state index in [1.807, 2.05) is 11.8 Å². The van der Waals surface area contributed by atoms with E-state index in [-0.39, 0.29) is 17.1 Å². The smallest absolute Gasteiger partial charge is 0.339 e. The van der Waals surface area contributed by atoms with Crippen LogP contribution in [0.5, 0.6) is 0 Å². The molecule has 0 radical (unpaired) electrons. The number of rotatable bonds is 4. The third-order valence-corrected chi connectivity index (χ3v) is 4.90. The van der Waals surface area contributed by atoms with Crippen molar-refractivity contribution in [3.63, 3.8) is 0 Å². The van der Waals surface area contributed by atoms with Crippen molar-refractivity contribution in [1.29, 1.82) is 0 Å². The van der Waals surface area contributed by atoms with Crippen LogP contribution in [0.2, 0.25) is 0 Å². The summed E-state index contributed by atoms with van der Waals surface area (Å²) in [5.74, 6) is -0.0532. The van der Waals surface area contributed by atoms with Gasteiger partial charge in [-0.15, -0.1) is 0 Å². The highest BCUT2D eigenvalue weighted by molar-refractivity contribution is 8.00. The number of carbonyl (C=O) groups is 1. The first-order chi connectivity index (χ1) is 10.8. The molecule has 0 aliphatic carbocycles. The van der Waals surface area contributed by atoms with Gasteiger partial charge in [0.05, 0.1) is 5.25 Å². The van der Waals surface area contributed by atoms with Crippen LogP contribution >= 0.6 is 11.8 Å². The molecule has 0 N–H and O–H groups in total. The standard InChI is InChI=1S/C15H20F3N3OS/c1-3-11-6-4-5-9-21(11)13(22)10(2)23-14-19-8-7-12(20-14)15(16,17)18/h7-8,10-11H,3-6,9H2,1-2H3. The minimum absolute atomic E-state index is 0.0225. The van der Waals surface area contributed by atoms with Crippen LogP contribution in [-0.4, -0.2) is 38.6 Å². The summed E-state index contributed by atoms with van der Waals surface area (Å²) in [5.41, 5.74) is -0.987. The second kappa shape index (κ2) is 7.51. The van der Waals surface area contributed by atoms with E-state index >= 15 is 0 Å². The average Bonchev–Trinajstić information content (AvgIpc) is 2.53. The monoisotopic (exact) mass is 347 g/mol. The van der Waals surface area contributed by atoms with Crippen molar-refractivity contribution in [3.05, 3.63) is 18.0 Å². The van der Waals surface area contributed by atoms with Crippen molar-refractivity contribution in [3.8, 4) is 0 Å². The maximum absolute atomic E-state index is 12.7. The Morgan fingerprint density at radius 3 is 2.87 bits per heavy atom. The van der Waals surface area contributed by atoms with E-state index in [4.69, 9.17) is 0 Å². The highest BCUT2D eigenvalue weighted by Crippen LogP contribution is 2.30. The van der Waals surface area contributed by atoms with Crippen molar-refractivity contribution in [2.24, 2.45) is 0 Å². The number of amides is 1. The molecule has 23 heavy (non-hydrogen) atoms. The quantitative estimate of drug-likeness (QED) is 0.614. The summed E-state index contributed by atoms with van der Waals surface area (Å²) < 4.78 is 38.0. The molecule has 8 heteroatoms. The van der Waals surface area contributed by atoms with Gasteiger partial charge in [0.1, 0.15) is 5.69 Å². The van der Waals surface area contributed by atoms with Crippen LogP contribution in [0.25, 0.3) is 0 Å². The molecule has 1 saturated heterocycles. The lowest BCUT2D eigenvalue weighted by atomic mass is 10.00. The fourth-order valence-electron chi connectivity index (χ4n) is 2.71. The van der Waals surface area contributed by atoms with Crippen LogP contribution in [0.15, 0.2) is 17.4 Å². The Labute approximate surface area is 137 Å². The topological polar surface area (TPSA) is 46.1 Å². The van der Waals surface area contributed by atoms with Gasteiger partial charge in [0.25, 0.3) is 0 Å². The van der Waals surface area contributed by atoms with Gasteiger partial charge in [-0.05, 0) is 38.7 Å². The van der Waals surface area contributed by atoms with E-state index < -0.39 is 17.1 Å². The van der Waals surface area contributed by atoms with E-state index in [2.05, 4.69) is 9.97 Å². The molecule has 4 nitrogen and oxygen atoms in total. The van der Waals surface area contributed by atoms with Crippen molar-refractivity contribution in [2.75, 3.05) is 6.54 Å². The van der Waals surface area contributed by atoms with Crippen molar-refractivity contribution < 1.29 is 18.0 Å². The van der Waals surface area contributed by atoms with Gasteiger partial charge in [0, 0.05) is 18.8 Å². The summed E-state index contributed by atoms with van der Waals surface area (Å²) in [6, 6.07) is 1.05. The number of hydrogen-bond acceptors (Lipinski definition) is 4. The number of halogens is 3. The number of carbonyl (C=O) groups excluding carboxylic acids is 1. The molecule has 2 atom stereocenters. The summed E-state index contributed by atoms with van der Waals surface area (Å²) in [6.45, 7) is 4.45. The number of thioether (sulfide) groups is 1. The third-order valence-electron chi connectivity index (χ3n) is 3.94. The molecule has 1 aromatic heterocycles. The minimum atomic E-state index is -4.51. The molecule has 1 amide bonds. The summed E-state index contributed by atoms with van der Waals surface area (Å²) in [4.78, 5) is 21.8. The molecule has 0 bridgehead atoms. The maximum Gasteiger partial charge on any atom is 0.433 e. The summed E-state index contributed by atoms with van der Waals surface area (Å²) in [5, 5.41) is -0.531. The summed E-state index contributed by atoms with van der Waals surface area (Å²) >= 11 is 0.975. The van der Waals surface area contributed by atoms with Crippen molar-refractivity contribution in [2.45, 2.75) is 62.2 Å². The highest BCUT2D eigenvalue weighted by atomic mass is 32.2. The average molecular weight is 347 g/mol. The molecular weight excluding hydrogens is 327 g/mol. The number of aromatic nitrogens is 2. The molecule has 0 spiro atoms. The molecule has 1 fully saturated rings. The summed E-state index contributed by atoms with van der Waals surface area (Å²) in [7, 11) is 0. The third kappa shape index (κ3) is 4.59. The molecule has 1 aliphatic heterocycles. The lowest BCUT2D eigenvalue weighted by Gasteiger charge is -2.36. The van der Waals surface area contributed by atoms with Crippen LogP contribution in [-0.2, 0) is 11.0 Å². The van der Waals surface area contributed by atoms with Crippen LogP contribution in [0.1, 0.15) is 45.2 Å². The first-order valence-corrected chi connectivity index (χ1v) is 8.58. The van der Waals surface area contributed by atoms with E-state index in [0.717, 1.165) is 49.7 Å². The Morgan fingerprint density at radius 1 is 1.48 bits per heavy atom. The first-order valence-electron chi connectivity index (χ1n) is 7.70. The molecule has 0 aromatic carbocycles. The van der Waals surface area contributed by atoms with E-state index in [0.29, 0.717) is 6.54 Å².